The molecule has 2 amide bonds. The van der Waals surface area contributed by atoms with E-state index in [4.69, 9.17) is 9.47 Å². The second kappa shape index (κ2) is 8.23. The number of amides is 2. The van der Waals surface area contributed by atoms with Crippen LogP contribution >= 0.6 is 0 Å². The van der Waals surface area contributed by atoms with Gasteiger partial charge in [-0.1, -0.05) is 19.1 Å². The topological polar surface area (TPSA) is 67.9 Å². The molecule has 1 aromatic rings. The first-order valence-corrected chi connectivity index (χ1v) is 8.73. The largest absolute Gasteiger partial charge is 0.444 e. The van der Waals surface area contributed by atoms with Crippen LogP contribution in [0.5, 0.6) is 0 Å². The van der Waals surface area contributed by atoms with Crippen molar-refractivity contribution in [2.24, 2.45) is 5.92 Å². The summed E-state index contributed by atoms with van der Waals surface area (Å²) in [6, 6.07) is 7.56. The number of carbonyl (C=O) groups excluding carboxylic acids is 2. The Morgan fingerprint density at radius 3 is 2.36 bits per heavy atom. The summed E-state index contributed by atoms with van der Waals surface area (Å²) in [4.78, 5) is 24.2. The summed E-state index contributed by atoms with van der Waals surface area (Å²) in [6.07, 6.45) is 1.65. The summed E-state index contributed by atoms with van der Waals surface area (Å²) in [5.41, 5.74) is 1.42. The van der Waals surface area contributed by atoms with Gasteiger partial charge in [0, 0.05) is 18.8 Å². The zero-order valence-electron chi connectivity index (χ0n) is 15.5. The number of piperidine rings is 1. The van der Waals surface area contributed by atoms with Crippen LogP contribution in [0, 0.1) is 5.92 Å². The fourth-order valence-electron chi connectivity index (χ4n) is 2.50. The number of likely N-dealkylation sites (tertiary alicyclic amines) is 1. The molecular weight excluding hydrogens is 320 g/mol. The fraction of sp³-hybridized carbons (Fsp3) is 0.579. The number of hydrogen-bond donors (Lipinski definition) is 1. The molecule has 3 aliphatic rings. The third kappa shape index (κ3) is 6.64. The summed E-state index contributed by atoms with van der Waals surface area (Å²) in [7, 11) is 0. The van der Waals surface area contributed by atoms with Crippen LogP contribution in [0.1, 0.15) is 46.1 Å². The predicted octanol–water partition coefficient (Wildman–Crippen LogP) is 4.40. The van der Waals surface area contributed by atoms with E-state index in [1.807, 2.05) is 49.9 Å². The van der Waals surface area contributed by atoms with Gasteiger partial charge in [-0.25, -0.2) is 9.59 Å². The highest BCUT2D eigenvalue weighted by atomic mass is 16.6. The molecule has 1 aromatic carbocycles. The first kappa shape index (κ1) is 19.1. The third-order valence-corrected chi connectivity index (χ3v) is 4.01. The molecule has 0 saturated carbocycles. The molecule has 0 atom stereocenters. The number of nitrogens with one attached hydrogen (secondary N) is 1. The highest BCUT2D eigenvalue weighted by molar-refractivity contribution is 5.85. The van der Waals surface area contributed by atoms with Crippen LogP contribution in [0.3, 0.4) is 0 Å². The predicted molar refractivity (Wildman–Crippen MR) is 96.5 cm³/mol. The molecule has 0 unspecified atom stereocenters. The zero-order valence-corrected chi connectivity index (χ0v) is 15.5. The lowest BCUT2D eigenvalue weighted by Gasteiger charge is -2.32. The minimum atomic E-state index is -0.383. The Kier molecular flexibility index (Phi) is 6.28. The van der Waals surface area contributed by atoms with Gasteiger partial charge in [-0.05, 0) is 57.2 Å². The molecule has 1 N–H and O–H groups in total. The van der Waals surface area contributed by atoms with Crippen LogP contribution in [0.25, 0.3) is 0 Å². The van der Waals surface area contributed by atoms with Crippen molar-refractivity contribution in [2.45, 2.75) is 52.7 Å². The van der Waals surface area contributed by atoms with Gasteiger partial charge < -0.3 is 14.4 Å². The first-order chi connectivity index (χ1) is 11.7. The molecule has 3 heterocycles. The van der Waals surface area contributed by atoms with Crippen LogP contribution in [0.15, 0.2) is 24.3 Å². The number of benzene rings is 1. The van der Waals surface area contributed by atoms with Crippen molar-refractivity contribution in [1.82, 2.24) is 4.90 Å². The van der Waals surface area contributed by atoms with Crippen LogP contribution < -0.4 is 5.32 Å². The van der Waals surface area contributed by atoms with Gasteiger partial charge in [-0.2, -0.15) is 0 Å². The van der Waals surface area contributed by atoms with Gasteiger partial charge in [-0.3, -0.25) is 5.32 Å². The molecule has 0 radical (unpaired) electrons. The number of carbonyl (C=O) groups is 2. The van der Waals surface area contributed by atoms with Crippen molar-refractivity contribution in [3.63, 3.8) is 0 Å². The second-order valence-electron chi connectivity index (χ2n) is 7.55. The van der Waals surface area contributed by atoms with Crippen LogP contribution in [-0.2, 0) is 16.1 Å². The number of rotatable bonds is 0. The highest BCUT2D eigenvalue weighted by Gasteiger charge is 2.25. The van der Waals surface area contributed by atoms with Crippen LogP contribution in [-0.4, -0.2) is 35.8 Å². The third-order valence-electron chi connectivity index (χ3n) is 4.01. The van der Waals surface area contributed by atoms with E-state index in [-0.39, 0.29) is 17.8 Å². The molecule has 6 heteroatoms. The lowest BCUT2D eigenvalue weighted by Crippen LogP contribution is -2.41. The summed E-state index contributed by atoms with van der Waals surface area (Å²) in [5, 5.41) is 2.58. The normalized spacial score (nSPS) is 17.4. The summed E-state index contributed by atoms with van der Waals surface area (Å²) >= 11 is 0. The van der Waals surface area contributed by atoms with Gasteiger partial charge in [0.15, 0.2) is 0 Å². The highest BCUT2D eigenvalue weighted by Crippen LogP contribution is 2.18. The van der Waals surface area contributed by atoms with E-state index in [9.17, 15) is 9.59 Å². The second-order valence-corrected chi connectivity index (χ2v) is 7.55. The number of nitrogens with zero attached hydrogens (tertiary/aromatic N) is 1. The first-order valence-electron chi connectivity index (χ1n) is 8.73. The quantitative estimate of drug-likeness (QED) is 0.754. The van der Waals surface area contributed by atoms with E-state index >= 15 is 0 Å². The standard InChI is InChI=1S/C11H21NO2.C8H7NO2/c1-9-5-7-12(8-6-9)10(13)14-11(2,3)4;10-8-9-7-3-1-6(2-4-7)5-11-8/h9H,5-8H2,1-4H3;1-4H,5H2,(H,9,10). The summed E-state index contributed by atoms with van der Waals surface area (Å²) < 4.78 is 10.1. The van der Waals surface area contributed by atoms with Gasteiger partial charge in [0.2, 0.25) is 0 Å². The Labute approximate surface area is 149 Å². The number of fused-ring (bicyclic) bond motifs is 5. The van der Waals surface area contributed by atoms with Gasteiger partial charge in [0.25, 0.3) is 0 Å². The van der Waals surface area contributed by atoms with Gasteiger partial charge in [0.1, 0.15) is 12.2 Å². The van der Waals surface area contributed by atoms with Crippen LogP contribution in [0.4, 0.5) is 15.3 Å². The maximum absolute atomic E-state index is 11.6. The maximum atomic E-state index is 11.6. The molecule has 6 nitrogen and oxygen atoms in total. The molecule has 4 rings (SSSR count). The van der Waals surface area contributed by atoms with E-state index in [1.54, 1.807) is 0 Å². The van der Waals surface area contributed by atoms with Crippen molar-refractivity contribution in [2.75, 3.05) is 18.4 Å². The van der Waals surface area contributed by atoms with E-state index in [0.29, 0.717) is 6.61 Å². The average Bonchev–Trinajstić information content (AvgIpc) is 2.51. The molecule has 138 valence electrons. The molecule has 0 spiro atoms. The average molecular weight is 348 g/mol. The lowest BCUT2D eigenvalue weighted by atomic mass is 10.00. The van der Waals surface area contributed by atoms with E-state index < -0.39 is 0 Å². The molecular formula is C19H28N2O4. The smallest absolute Gasteiger partial charge is 0.411 e. The molecule has 2 bridgehead atoms. The van der Waals surface area contributed by atoms with E-state index in [2.05, 4.69) is 12.2 Å². The Morgan fingerprint density at radius 1 is 1.20 bits per heavy atom. The molecule has 1 fully saturated rings. The summed E-state index contributed by atoms with van der Waals surface area (Å²) in [6.45, 7) is 9.97. The molecule has 25 heavy (non-hydrogen) atoms. The molecule has 3 aliphatic heterocycles. The van der Waals surface area contributed by atoms with Crippen molar-refractivity contribution >= 4 is 17.9 Å². The Bertz CT molecular complexity index is 584. The van der Waals surface area contributed by atoms with Crippen molar-refractivity contribution < 1.29 is 19.1 Å². The SMILES string of the molecule is CC1CCN(C(=O)OC(C)(C)C)CC1.O=C1Nc2ccc(cc2)CO1. The number of hydrogen-bond acceptors (Lipinski definition) is 4. The minimum absolute atomic E-state index is 0.163. The van der Waals surface area contributed by atoms with Gasteiger partial charge in [0.05, 0.1) is 0 Å². The van der Waals surface area contributed by atoms with Gasteiger partial charge in [-0.15, -0.1) is 0 Å². The number of ether oxygens (including phenoxy) is 2. The summed E-state index contributed by atoms with van der Waals surface area (Å²) in [5.74, 6) is 0.744. The molecule has 1 saturated heterocycles. The maximum Gasteiger partial charge on any atom is 0.411 e. The Balaban J connectivity index is 0.000000185. The monoisotopic (exact) mass is 348 g/mol. The number of anilines is 1. The van der Waals surface area contributed by atoms with Crippen LogP contribution in [0.2, 0.25) is 0 Å². The fourth-order valence-corrected chi connectivity index (χ4v) is 2.50. The van der Waals surface area contributed by atoms with E-state index in [0.717, 1.165) is 43.1 Å². The molecule has 0 aromatic heterocycles. The van der Waals surface area contributed by atoms with Crippen molar-refractivity contribution in [3.8, 4) is 0 Å². The zero-order chi connectivity index (χ0) is 18.4. The minimum Gasteiger partial charge on any atom is -0.444 e. The Hall–Kier alpha value is -2.24. The van der Waals surface area contributed by atoms with Crippen molar-refractivity contribution in [1.29, 1.82) is 0 Å². The Morgan fingerprint density at radius 2 is 1.80 bits per heavy atom. The molecule has 0 aliphatic carbocycles. The van der Waals surface area contributed by atoms with Gasteiger partial charge >= 0.3 is 12.2 Å². The lowest BCUT2D eigenvalue weighted by molar-refractivity contribution is 0.0190. The van der Waals surface area contributed by atoms with E-state index in [1.165, 1.54) is 0 Å². The van der Waals surface area contributed by atoms with Crippen molar-refractivity contribution in [3.05, 3.63) is 29.8 Å².